The summed E-state index contributed by atoms with van der Waals surface area (Å²) in [6.45, 7) is 26.3. The van der Waals surface area contributed by atoms with Crippen molar-refractivity contribution in [3.63, 3.8) is 0 Å². The van der Waals surface area contributed by atoms with Crippen LogP contribution in [-0.2, 0) is 39.1 Å². The van der Waals surface area contributed by atoms with E-state index < -0.39 is 7.82 Å². The van der Waals surface area contributed by atoms with Crippen LogP contribution < -0.4 is 43.5 Å². The van der Waals surface area contributed by atoms with Crippen LogP contribution in [0.25, 0.3) is 0 Å². The molecule has 0 radical (unpaired) electrons. The van der Waals surface area contributed by atoms with E-state index in [9.17, 15) is 9.46 Å². The third kappa shape index (κ3) is 7.23. The third-order valence-corrected chi connectivity index (χ3v) is 10.8. The molecule has 2 aromatic rings. The summed E-state index contributed by atoms with van der Waals surface area (Å²) in [4.78, 5) is 13.7. The van der Waals surface area contributed by atoms with Crippen LogP contribution in [0.2, 0.25) is 0 Å². The van der Waals surface area contributed by atoms with E-state index >= 15 is 0 Å². The van der Waals surface area contributed by atoms with Crippen molar-refractivity contribution in [1.82, 2.24) is 0 Å². The van der Waals surface area contributed by atoms with Gasteiger partial charge in [-0.25, -0.2) is 4.57 Å². The van der Waals surface area contributed by atoms with E-state index in [4.69, 9.17) is 9.05 Å². The van der Waals surface area contributed by atoms with E-state index in [2.05, 4.69) is 107 Å². The van der Waals surface area contributed by atoms with Crippen molar-refractivity contribution in [2.45, 2.75) is 143 Å². The Morgan fingerprint density at radius 2 is 0.925 bits per heavy atom. The molecule has 2 aromatic carbocycles. The van der Waals surface area contributed by atoms with Gasteiger partial charge in [0.1, 0.15) is 11.5 Å². The summed E-state index contributed by atoms with van der Waals surface area (Å²) in [6, 6.07) is 8.69. The van der Waals surface area contributed by atoms with Gasteiger partial charge >= 0.3 is 37.4 Å². The van der Waals surface area contributed by atoms with E-state index in [1.165, 1.54) is 11.1 Å². The monoisotopic (exact) mass is 578 g/mol. The molecule has 1 aliphatic heterocycles. The van der Waals surface area contributed by atoms with Gasteiger partial charge in [0.05, 0.1) is 0 Å². The summed E-state index contributed by atoms with van der Waals surface area (Å²) in [6.07, 6.45) is 5.02. The van der Waals surface area contributed by atoms with Crippen LogP contribution in [0.5, 0.6) is 11.5 Å². The molecule has 0 atom stereocenters. The average Bonchev–Trinajstić information content (AvgIpc) is 2.92. The van der Waals surface area contributed by atoms with Gasteiger partial charge in [0.15, 0.2) is 0 Å². The van der Waals surface area contributed by atoms with Crippen LogP contribution in [0.1, 0.15) is 142 Å². The van der Waals surface area contributed by atoms with Crippen molar-refractivity contribution in [2.24, 2.45) is 0 Å². The fourth-order valence-electron chi connectivity index (χ4n) is 5.05. The maximum atomic E-state index is 13.7. The smallest absolute Gasteiger partial charge is 0.736 e. The van der Waals surface area contributed by atoms with E-state index in [0.717, 1.165) is 47.9 Å². The Kier molecular flexibility index (Phi) is 11.0. The Morgan fingerprint density at radius 1 is 0.625 bits per heavy atom. The van der Waals surface area contributed by atoms with Gasteiger partial charge < -0.3 is 13.9 Å². The molecule has 0 spiro atoms. The first-order valence-corrected chi connectivity index (χ1v) is 16.4. The number of hydrogen-bond donors (Lipinski definition) is 0. The molecule has 4 nitrogen and oxygen atoms in total. The second-order valence-electron chi connectivity index (χ2n) is 14.1. The summed E-state index contributed by atoms with van der Waals surface area (Å²) < 4.78 is 25.7. The van der Waals surface area contributed by atoms with Crippen LogP contribution in [0.3, 0.4) is 0 Å². The largest absolute Gasteiger partial charge is 1.00 e. The number of hydrogen-bond acceptors (Lipinski definition) is 4. The van der Waals surface area contributed by atoms with E-state index in [1.807, 2.05) is 0 Å². The van der Waals surface area contributed by atoms with Crippen molar-refractivity contribution in [1.29, 1.82) is 0 Å². The number of phosphoric ester groups is 1. The summed E-state index contributed by atoms with van der Waals surface area (Å²) in [5.41, 5.74) is 5.58. The molecule has 40 heavy (non-hydrogen) atoms. The number of rotatable bonds is 8. The van der Waals surface area contributed by atoms with Gasteiger partial charge in [0.2, 0.25) is 0 Å². The van der Waals surface area contributed by atoms with Gasteiger partial charge in [-0.2, -0.15) is 0 Å². The number of benzene rings is 2. The Balaban J connectivity index is 0.00000560. The van der Waals surface area contributed by atoms with Crippen molar-refractivity contribution in [2.75, 3.05) is 0 Å². The molecule has 218 valence electrons. The molecule has 3 rings (SSSR count). The molecule has 1 aliphatic rings. The molecule has 1 heterocycles. The predicted molar refractivity (Wildman–Crippen MR) is 162 cm³/mol. The third-order valence-electron chi connectivity index (χ3n) is 9.96. The maximum Gasteiger partial charge on any atom is 1.00 e. The molecule has 0 unspecified atom stereocenters. The number of aryl methyl sites for hydroxylation is 2. The van der Waals surface area contributed by atoms with Gasteiger partial charge in [-0.15, -0.1) is 0 Å². The van der Waals surface area contributed by atoms with Gasteiger partial charge in [-0.1, -0.05) is 107 Å². The normalized spacial score (nSPS) is 15.8. The van der Waals surface area contributed by atoms with Crippen LogP contribution >= 0.6 is 7.82 Å². The summed E-state index contributed by atoms with van der Waals surface area (Å²) in [5.74, 6) is 0.906. The first-order valence-electron chi connectivity index (χ1n) is 14.9. The summed E-state index contributed by atoms with van der Waals surface area (Å²) in [5, 5.41) is 0. The minimum atomic E-state index is -4.74. The molecule has 0 amide bonds. The minimum absolute atomic E-state index is 0. The van der Waals surface area contributed by atoms with Crippen LogP contribution in [-0.4, -0.2) is 0 Å². The van der Waals surface area contributed by atoms with Crippen LogP contribution in [0.15, 0.2) is 24.3 Å². The zero-order chi connectivity index (χ0) is 29.6. The predicted octanol–water partition coefficient (Wildman–Crippen LogP) is 6.47. The van der Waals surface area contributed by atoms with Gasteiger partial charge in [-0.05, 0) is 82.4 Å². The second-order valence-corrected chi connectivity index (χ2v) is 15.4. The van der Waals surface area contributed by atoms with Crippen LogP contribution in [0, 0.1) is 0 Å². The number of phosphoric acid groups is 1. The fraction of sp³-hybridized carbons (Fsp3) is 0.647. The molecule has 0 aromatic heterocycles. The van der Waals surface area contributed by atoms with Crippen molar-refractivity contribution >= 4 is 7.82 Å². The summed E-state index contributed by atoms with van der Waals surface area (Å²) >= 11 is 0. The molecule has 6 heteroatoms. The topological polar surface area (TPSA) is 58.6 Å². The standard InChI is InChI=1S/C34H53O4P.Na/c1-13-31(5,6)25-19-23-17-18-24-20-26(32(7,8)14-2)22-28(34(11,12)16-4)30(24)38-39(35,36)37-29(23)27(21-25)33(9,10)15-3;/h19-22H,13-18H2,1-12H3,(H,35,36);/q;+1/p-1. The van der Waals surface area contributed by atoms with E-state index in [0.29, 0.717) is 24.3 Å². The van der Waals surface area contributed by atoms with Crippen LogP contribution in [0.4, 0.5) is 0 Å². The molecular formula is C34H52NaO4P. The fourth-order valence-corrected chi connectivity index (χ4v) is 5.97. The Morgan fingerprint density at radius 3 is 1.20 bits per heavy atom. The van der Waals surface area contributed by atoms with Gasteiger partial charge in [0.25, 0.3) is 0 Å². The molecule has 0 N–H and O–H groups in total. The Labute approximate surface area is 266 Å². The van der Waals surface area contributed by atoms with Crippen molar-refractivity contribution in [3.8, 4) is 11.5 Å². The van der Waals surface area contributed by atoms with E-state index in [1.54, 1.807) is 0 Å². The number of fused-ring (bicyclic) bond motifs is 2. The van der Waals surface area contributed by atoms with Crippen molar-refractivity contribution < 1.29 is 48.1 Å². The first kappa shape index (κ1) is 35.4. The Hall–Kier alpha value is -0.770. The van der Waals surface area contributed by atoms with Crippen molar-refractivity contribution in [3.05, 3.63) is 57.6 Å². The molecular weight excluding hydrogens is 526 g/mol. The SMILES string of the molecule is CCC(C)(C)c1cc2c(c(C(C)(C)CC)c1)OP(=O)([O-])Oc1c(cc(C(C)(C)CC)cc1C(C)(C)CC)CC2.[Na+]. The minimum Gasteiger partial charge on any atom is -0.736 e. The Bertz CT molecular complexity index is 1170. The molecule has 0 fully saturated rings. The average molecular weight is 579 g/mol. The zero-order valence-corrected chi connectivity index (χ0v) is 30.5. The van der Waals surface area contributed by atoms with Gasteiger partial charge in [0, 0.05) is 11.1 Å². The zero-order valence-electron chi connectivity index (χ0n) is 27.6. The first-order chi connectivity index (χ1) is 17.8. The molecule has 0 saturated heterocycles. The maximum absolute atomic E-state index is 13.7. The molecule has 0 aliphatic carbocycles. The molecule has 0 bridgehead atoms. The summed E-state index contributed by atoms with van der Waals surface area (Å²) in [7, 11) is -4.74. The second kappa shape index (κ2) is 12.5. The van der Waals surface area contributed by atoms with E-state index in [-0.39, 0.29) is 51.2 Å². The molecule has 0 saturated carbocycles. The van der Waals surface area contributed by atoms with Gasteiger partial charge in [-0.3, -0.25) is 0 Å². The quantitative estimate of drug-likeness (QED) is 0.266.